The van der Waals surface area contributed by atoms with Gasteiger partial charge < -0.3 is 15.4 Å². The lowest BCUT2D eigenvalue weighted by Crippen LogP contribution is -2.33. The van der Waals surface area contributed by atoms with E-state index in [0.29, 0.717) is 6.61 Å². The number of anilines is 1. The van der Waals surface area contributed by atoms with Gasteiger partial charge in [0.15, 0.2) is 0 Å². The zero-order chi connectivity index (χ0) is 12.8. The molecule has 100 valence electrons. The Bertz CT molecular complexity index is 373. The summed E-state index contributed by atoms with van der Waals surface area (Å²) in [6, 6.07) is 6.35. The Morgan fingerprint density at radius 1 is 1.44 bits per heavy atom. The third-order valence-corrected chi connectivity index (χ3v) is 3.42. The van der Waals surface area contributed by atoms with E-state index in [1.165, 1.54) is 24.9 Å². The molecular weight excluding hydrogens is 224 g/mol. The second kappa shape index (κ2) is 6.64. The number of piperidine rings is 1. The van der Waals surface area contributed by atoms with Crippen LogP contribution in [0.5, 0.6) is 5.75 Å². The van der Waals surface area contributed by atoms with E-state index in [0.717, 1.165) is 30.4 Å². The number of hydrogen-bond donors (Lipinski definition) is 2. The molecule has 3 heteroatoms. The molecule has 0 aromatic heterocycles. The van der Waals surface area contributed by atoms with Gasteiger partial charge in [-0.05, 0) is 63.4 Å². The summed E-state index contributed by atoms with van der Waals surface area (Å²) >= 11 is 0. The third kappa shape index (κ3) is 3.64. The molecule has 1 saturated heterocycles. The van der Waals surface area contributed by atoms with Crippen LogP contribution >= 0.6 is 0 Å². The van der Waals surface area contributed by atoms with E-state index >= 15 is 0 Å². The van der Waals surface area contributed by atoms with Crippen LogP contribution in [-0.2, 0) is 0 Å². The highest BCUT2D eigenvalue weighted by Crippen LogP contribution is 2.26. The van der Waals surface area contributed by atoms with Gasteiger partial charge in [-0.3, -0.25) is 0 Å². The van der Waals surface area contributed by atoms with Crippen molar-refractivity contribution in [2.45, 2.75) is 26.7 Å². The average molecular weight is 248 g/mol. The molecule has 1 aliphatic rings. The maximum Gasteiger partial charge on any atom is 0.142 e. The lowest BCUT2D eigenvalue weighted by Gasteiger charge is -2.24. The highest BCUT2D eigenvalue weighted by Gasteiger charge is 2.13. The van der Waals surface area contributed by atoms with Crippen molar-refractivity contribution in [3.05, 3.63) is 23.8 Å². The molecule has 0 bridgehead atoms. The Labute approximate surface area is 110 Å². The second-order valence-corrected chi connectivity index (χ2v) is 5.03. The molecule has 1 unspecified atom stereocenters. The van der Waals surface area contributed by atoms with Crippen molar-refractivity contribution in [3.63, 3.8) is 0 Å². The van der Waals surface area contributed by atoms with E-state index in [1.807, 2.05) is 6.92 Å². The molecule has 0 spiro atoms. The average Bonchev–Trinajstić information content (AvgIpc) is 2.39. The van der Waals surface area contributed by atoms with Crippen LogP contribution in [0, 0.1) is 12.8 Å². The van der Waals surface area contributed by atoms with Crippen LogP contribution in [0.3, 0.4) is 0 Å². The summed E-state index contributed by atoms with van der Waals surface area (Å²) in [5.41, 5.74) is 2.36. The molecule has 0 amide bonds. The SMILES string of the molecule is CCOc1cc(C)ccc1NCC1CCCNC1. The first kappa shape index (κ1) is 13.2. The van der Waals surface area contributed by atoms with Gasteiger partial charge in [0.05, 0.1) is 12.3 Å². The van der Waals surface area contributed by atoms with Crippen LogP contribution in [0.4, 0.5) is 5.69 Å². The van der Waals surface area contributed by atoms with Crippen molar-refractivity contribution >= 4 is 5.69 Å². The van der Waals surface area contributed by atoms with Crippen molar-refractivity contribution in [1.29, 1.82) is 0 Å². The zero-order valence-electron chi connectivity index (χ0n) is 11.5. The molecule has 1 aromatic carbocycles. The molecule has 1 fully saturated rings. The summed E-state index contributed by atoms with van der Waals surface area (Å²) in [7, 11) is 0. The standard InChI is InChI=1S/C15H24N2O/c1-3-18-15-9-12(2)6-7-14(15)17-11-13-5-4-8-16-10-13/h6-7,9,13,16-17H,3-5,8,10-11H2,1-2H3. The summed E-state index contributed by atoms with van der Waals surface area (Å²) < 4.78 is 5.68. The maximum atomic E-state index is 5.68. The molecule has 1 aromatic rings. The predicted molar refractivity (Wildman–Crippen MR) is 76.4 cm³/mol. The number of rotatable bonds is 5. The van der Waals surface area contributed by atoms with Crippen molar-refractivity contribution in [2.24, 2.45) is 5.92 Å². The van der Waals surface area contributed by atoms with Gasteiger partial charge in [0.2, 0.25) is 0 Å². The van der Waals surface area contributed by atoms with Crippen molar-refractivity contribution in [1.82, 2.24) is 5.32 Å². The van der Waals surface area contributed by atoms with Crippen molar-refractivity contribution < 1.29 is 4.74 Å². The second-order valence-electron chi connectivity index (χ2n) is 5.03. The first-order valence-corrected chi connectivity index (χ1v) is 6.97. The first-order valence-electron chi connectivity index (χ1n) is 6.97. The summed E-state index contributed by atoms with van der Waals surface area (Å²) in [5.74, 6) is 1.70. The summed E-state index contributed by atoms with van der Waals surface area (Å²) in [5, 5.41) is 6.98. The number of benzene rings is 1. The minimum atomic E-state index is 0.711. The molecule has 0 radical (unpaired) electrons. The summed E-state index contributed by atoms with van der Waals surface area (Å²) in [6.07, 6.45) is 2.61. The Hall–Kier alpha value is -1.22. The fourth-order valence-corrected chi connectivity index (χ4v) is 2.40. The van der Waals surface area contributed by atoms with Crippen molar-refractivity contribution in [3.8, 4) is 5.75 Å². The number of aryl methyl sites for hydroxylation is 1. The molecule has 1 heterocycles. The third-order valence-electron chi connectivity index (χ3n) is 3.42. The quantitative estimate of drug-likeness (QED) is 0.840. The first-order chi connectivity index (χ1) is 8.79. The number of ether oxygens (including phenoxy) is 1. The van der Waals surface area contributed by atoms with Crippen molar-refractivity contribution in [2.75, 3.05) is 31.6 Å². The smallest absolute Gasteiger partial charge is 0.142 e. The summed E-state index contributed by atoms with van der Waals surface area (Å²) in [4.78, 5) is 0. The van der Waals surface area contributed by atoms with Gasteiger partial charge >= 0.3 is 0 Å². The van der Waals surface area contributed by atoms with Gasteiger partial charge in [-0.2, -0.15) is 0 Å². The maximum absolute atomic E-state index is 5.68. The van der Waals surface area contributed by atoms with Crippen LogP contribution in [0.2, 0.25) is 0 Å². The largest absolute Gasteiger partial charge is 0.492 e. The fraction of sp³-hybridized carbons (Fsp3) is 0.600. The molecule has 2 rings (SSSR count). The molecule has 18 heavy (non-hydrogen) atoms. The molecule has 3 nitrogen and oxygen atoms in total. The Morgan fingerprint density at radius 3 is 3.06 bits per heavy atom. The van der Waals surface area contributed by atoms with Crippen LogP contribution in [0.15, 0.2) is 18.2 Å². The zero-order valence-corrected chi connectivity index (χ0v) is 11.5. The highest BCUT2D eigenvalue weighted by atomic mass is 16.5. The monoisotopic (exact) mass is 248 g/mol. The molecule has 0 saturated carbocycles. The van der Waals surface area contributed by atoms with Gasteiger partial charge in [-0.15, -0.1) is 0 Å². The van der Waals surface area contributed by atoms with Gasteiger partial charge in [0.1, 0.15) is 5.75 Å². The minimum absolute atomic E-state index is 0.711. The lowest BCUT2D eigenvalue weighted by molar-refractivity contribution is 0.340. The van der Waals surface area contributed by atoms with E-state index in [2.05, 4.69) is 35.8 Å². The molecule has 0 aliphatic carbocycles. The molecule has 1 atom stereocenters. The van der Waals surface area contributed by atoms with E-state index in [9.17, 15) is 0 Å². The minimum Gasteiger partial charge on any atom is -0.492 e. The molecule has 1 aliphatic heterocycles. The lowest BCUT2D eigenvalue weighted by atomic mass is 9.99. The van der Waals surface area contributed by atoms with Crippen LogP contribution in [0.25, 0.3) is 0 Å². The molecule has 2 N–H and O–H groups in total. The van der Waals surface area contributed by atoms with Gasteiger partial charge in [-0.25, -0.2) is 0 Å². The fourth-order valence-electron chi connectivity index (χ4n) is 2.40. The Kier molecular flexibility index (Phi) is 4.88. The highest BCUT2D eigenvalue weighted by molar-refractivity contribution is 5.57. The van der Waals surface area contributed by atoms with Gasteiger partial charge in [-0.1, -0.05) is 6.07 Å². The predicted octanol–water partition coefficient (Wildman–Crippen LogP) is 2.81. The van der Waals surface area contributed by atoms with Crippen LogP contribution in [-0.4, -0.2) is 26.2 Å². The topological polar surface area (TPSA) is 33.3 Å². The number of hydrogen-bond acceptors (Lipinski definition) is 3. The van der Waals surface area contributed by atoms with Gasteiger partial charge in [0.25, 0.3) is 0 Å². The normalized spacial score (nSPS) is 19.6. The van der Waals surface area contributed by atoms with E-state index in [-0.39, 0.29) is 0 Å². The molecular formula is C15H24N2O. The van der Waals surface area contributed by atoms with Crippen LogP contribution in [0.1, 0.15) is 25.3 Å². The van der Waals surface area contributed by atoms with Crippen LogP contribution < -0.4 is 15.4 Å². The Morgan fingerprint density at radius 2 is 2.33 bits per heavy atom. The summed E-state index contributed by atoms with van der Waals surface area (Å²) in [6.45, 7) is 8.15. The van der Waals surface area contributed by atoms with Gasteiger partial charge in [0, 0.05) is 6.54 Å². The Balaban J connectivity index is 1.94. The van der Waals surface area contributed by atoms with E-state index in [4.69, 9.17) is 4.74 Å². The van der Waals surface area contributed by atoms with E-state index in [1.54, 1.807) is 0 Å². The number of nitrogens with one attached hydrogen (secondary N) is 2. The van der Waals surface area contributed by atoms with E-state index < -0.39 is 0 Å².